The Morgan fingerprint density at radius 2 is 1.91 bits per heavy atom. The third-order valence-electron chi connectivity index (χ3n) is 4.30. The van der Waals surface area contributed by atoms with Gasteiger partial charge in [0.25, 0.3) is 0 Å². The van der Waals surface area contributed by atoms with E-state index in [4.69, 9.17) is 4.74 Å². The van der Waals surface area contributed by atoms with E-state index in [-0.39, 0.29) is 5.78 Å². The van der Waals surface area contributed by atoms with Crippen LogP contribution in [0, 0.1) is 6.92 Å². The molecule has 3 heteroatoms. The standard InChI is InChI=1S/C20H21NO2/c1-14-18(13-16-5-3-4-6-19(16)21-14)20(22)12-9-15-7-10-17(23-2)11-8-15/h7-13H,3-6H2,1-2H3/b12-9-. The highest BCUT2D eigenvalue weighted by atomic mass is 16.5. The van der Waals surface area contributed by atoms with Gasteiger partial charge in [0.15, 0.2) is 5.78 Å². The first-order chi connectivity index (χ1) is 11.2. The van der Waals surface area contributed by atoms with Crippen molar-refractivity contribution in [3.05, 3.63) is 64.5 Å². The largest absolute Gasteiger partial charge is 0.497 e. The number of aromatic nitrogens is 1. The van der Waals surface area contributed by atoms with E-state index in [1.807, 2.05) is 43.3 Å². The molecule has 1 aromatic heterocycles. The Morgan fingerprint density at radius 1 is 1.17 bits per heavy atom. The zero-order chi connectivity index (χ0) is 16.2. The van der Waals surface area contributed by atoms with E-state index in [9.17, 15) is 4.79 Å². The smallest absolute Gasteiger partial charge is 0.187 e. The minimum Gasteiger partial charge on any atom is -0.497 e. The molecule has 0 N–H and O–H groups in total. The molecule has 0 bridgehead atoms. The second-order valence-corrected chi connectivity index (χ2v) is 5.91. The fraction of sp³-hybridized carbons (Fsp3) is 0.300. The first-order valence-corrected chi connectivity index (χ1v) is 8.03. The van der Waals surface area contributed by atoms with Gasteiger partial charge in [-0.25, -0.2) is 0 Å². The maximum Gasteiger partial charge on any atom is 0.187 e. The number of aryl methyl sites for hydroxylation is 3. The number of hydrogen-bond acceptors (Lipinski definition) is 3. The predicted octanol–water partition coefficient (Wildman–Crippen LogP) is 4.17. The Labute approximate surface area is 137 Å². The van der Waals surface area contributed by atoms with Crippen LogP contribution in [-0.2, 0) is 12.8 Å². The van der Waals surface area contributed by atoms with Crippen LogP contribution in [0.5, 0.6) is 5.75 Å². The summed E-state index contributed by atoms with van der Waals surface area (Å²) in [4.78, 5) is 17.1. The van der Waals surface area contributed by atoms with E-state index >= 15 is 0 Å². The topological polar surface area (TPSA) is 39.2 Å². The second kappa shape index (κ2) is 6.78. The lowest BCUT2D eigenvalue weighted by Gasteiger charge is -2.16. The van der Waals surface area contributed by atoms with Crippen molar-refractivity contribution in [3.8, 4) is 5.75 Å². The van der Waals surface area contributed by atoms with Crippen molar-refractivity contribution in [2.24, 2.45) is 0 Å². The number of ketones is 1. The molecule has 1 heterocycles. The van der Waals surface area contributed by atoms with Crippen molar-refractivity contribution in [2.75, 3.05) is 7.11 Å². The van der Waals surface area contributed by atoms with Gasteiger partial charge < -0.3 is 4.74 Å². The molecule has 0 saturated heterocycles. The van der Waals surface area contributed by atoms with E-state index < -0.39 is 0 Å². The van der Waals surface area contributed by atoms with Gasteiger partial charge in [0.05, 0.1) is 7.11 Å². The maximum absolute atomic E-state index is 12.5. The second-order valence-electron chi connectivity index (χ2n) is 5.91. The first-order valence-electron chi connectivity index (χ1n) is 8.03. The molecule has 3 nitrogen and oxygen atoms in total. The molecule has 23 heavy (non-hydrogen) atoms. The molecule has 0 saturated carbocycles. The van der Waals surface area contributed by atoms with Crippen molar-refractivity contribution < 1.29 is 9.53 Å². The van der Waals surface area contributed by atoms with Crippen LogP contribution in [0.2, 0.25) is 0 Å². The van der Waals surface area contributed by atoms with Crippen LogP contribution >= 0.6 is 0 Å². The quantitative estimate of drug-likeness (QED) is 0.628. The maximum atomic E-state index is 12.5. The summed E-state index contributed by atoms with van der Waals surface area (Å²) < 4.78 is 5.13. The fourth-order valence-electron chi connectivity index (χ4n) is 2.96. The molecule has 1 aromatic carbocycles. The van der Waals surface area contributed by atoms with Crippen molar-refractivity contribution in [3.63, 3.8) is 0 Å². The third-order valence-corrected chi connectivity index (χ3v) is 4.30. The number of rotatable bonds is 4. The molecule has 0 amide bonds. The summed E-state index contributed by atoms with van der Waals surface area (Å²) in [5.41, 5.74) is 4.93. The Kier molecular flexibility index (Phi) is 4.56. The number of allylic oxidation sites excluding steroid dienone is 1. The Morgan fingerprint density at radius 3 is 2.65 bits per heavy atom. The van der Waals surface area contributed by atoms with Crippen LogP contribution in [0.25, 0.3) is 6.08 Å². The molecule has 0 radical (unpaired) electrons. The van der Waals surface area contributed by atoms with Crippen LogP contribution < -0.4 is 4.74 Å². The van der Waals surface area contributed by atoms with Gasteiger partial charge in [-0.15, -0.1) is 0 Å². The summed E-state index contributed by atoms with van der Waals surface area (Å²) in [5.74, 6) is 0.822. The summed E-state index contributed by atoms with van der Waals surface area (Å²) in [7, 11) is 1.64. The molecule has 0 unspecified atom stereocenters. The number of benzene rings is 1. The molecule has 3 rings (SSSR count). The van der Waals surface area contributed by atoms with Gasteiger partial charge in [-0.2, -0.15) is 0 Å². The number of nitrogens with zero attached hydrogens (tertiary/aromatic N) is 1. The molecule has 2 aromatic rings. The highest BCUT2D eigenvalue weighted by Crippen LogP contribution is 2.22. The number of methoxy groups -OCH3 is 1. The lowest BCUT2D eigenvalue weighted by Crippen LogP contribution is -2.10. The summed E-state index contributed by atoms with van der Waals surface area (Å²) in [6.07, 6.45) is 7.91. The molecule has 0 fully saturated rings. The monoisotopic (exact) mass is 307 g/mol. The minimum absolute atomic E-state index is 0.0131. The zero-order valence-corrected chi connectivity index (χ0v) is 13.6. The summed E-state index contributed by atoms with van der Waals surface area (Å²) >= 11 is 0. The van der Waals surface area contributed by atoms with Crippen LogP contribution in [0.4, 0.5) is 0 Å². The fourth-order valence-corrected chi connectivity index (χ4v) is 2.96. The van der Waals surface area contributed by atoms with Crippen molar-refractivity contribution in [1.29, 1.82) is 0 Å². The lowest BCUT2D eigenvalue weighted by molar-refractivity contribution is 0.104. The van der Waals surface area contributed by atoms with Gasteiger partial charge in [0, 0.05) is 17.0 Å². The SMILES string of the molecule is COc1ccc(/C=C\C(=O)c2cc3c(nc2C)CCCC3)cc1. The molecular formula is C20H21NO2. The van der Waals surface area contributed by atoms with E-state index in [1.165, 1.54) is 24.1 Å². The van der Waals surface area contributed by atoms with Gasteiger partial charge in [-0.05, 0) is 68.0 Å². The Balaban J connectivity index is 1.80. The van der Waals surface area contributed by atoms with E-state index in [1.54, 1.807) is 13.2 Å². The van der Waals surface area contributed by atoms with Gasteiger partial charge in [0.2, 0.25) is 0 Å². The zero-order valence-electron chi connectivity index (χ0n) is 13.6. The Hall–Kier alpha value is -2.42. The number of ether oxygens (including phenoxy) is 1. The minimum atomic E-state index is 0.0131. The van der Waals surface area contributed by atoms with Gasteiger partial charge in [-0.1, -0.05) is 18.2 Å². The molecule has 0 aliphatic heterocycles. The van der Waals surface area contributed by atoms with Crippen LogP contribution in [0.15, 0.2) is 36.4 Å². The average Bonchev–Trinajstić information content (AvgIpc) is 2.59. The number of carbonyl (C=O) groups is 1. The molecule has 1 aliphatic carbocycles. The van der Waals surface area contributed by atoms with Crippen LogP contribution in [0.3, 0.4) is 0 Å². The highest BCUT2D eigenvalue weighted by Gasteiger charge is 2.15. The lowest BCUT2D eigenvalue weighted by atomic mass is 9.93. The summed E-state index contributed by atoms with van der Waals surface area (Å²) in [5, 5.41) is 0. The molecule has 1 aliphatic rings. The predicted molar refractivity (Wildman–Crippen MR) is 92.0 cm³/mol. The van der Waals surface area contributed by atoms with Crippen molar-refractivity contribution in [1.82, 2.24) is 4.98 Å². The van der Waals surface area contributed by atoms with Crippen molar-refractivity contribution in [2.45, 2.75) is 32.6 Å². The third kappa shape index (κ3) is 3.50. The van der Waals surface area contributed by atoms with Gasteiger partial charge in [-0.3, -0.25) is 9.78 Å². The summed E-state index contributed by atoms with van der Waals surface area (Å²) in [6, 6.07) is 9.67. The normalized spacial score (nSPS) is 13.8. The molecule has 118 valence electrons. The summed E-state index contributed by atoms with van der Waals surface area (Å²) in [6.45, 7) is 1.92. The number of fused-ring (bicyclic) bond motifs is 1. The first kappa shape index (κ1) is 15.5. The van der Waals surface area contributed by atoms with Gasteiger partial charge >= 0.3 is 0 Å². The number of hydrogen-bond donors (Lipinski definition) is 0. The average molecular weight is 307 g/mol. The van der Waals surface area contributed by atoms with E-state index in [0.29, 0.717) is 0 Å². The molecular weight excluding hydrogens is 286 g/mol. The Bertz CT molecular complexity index is 745. The van der Waals surface area contributed by atoms with Crippen molar-refractivity contribution >= 4 is 11.9 Å². The molecule has 0 atom stereocenters. The van der Waals surface area contributed by atoms with E-state index in [2.05, 4.69) is 4.98 Å². The van der Waals surface area contributed by atoms with E-state index in [0.717, 1.165) is 35.4 Å². The van der Waals surface area contributed by atoms with Gasteiger partial charge in [0.1, 0.15) is 5.75 Å². The van der Waals surface area contributed by atoms with Crippen LogP contribution in [0.1, 0.15) is 45.7 Å². The van der Waals surface area contributed by atoms with Crippen LogP contribution in [-0.4, -0.2) is 17.9 Å². The highest BCUT2D eigenvalue weighted by molar-refractivity contribution is 6.07. The molecule has 0 spiro atoms. The number of carbonyl (C=O) groups excluding carboxylic acids is 1. The number of pyridine rings is 1.